The lowest BCUT2D eigenvalue weighted by Crippen LogP contribution is -2.00. The number of fused-ring (bicyclic) bond motifs is 1. The summed E-state index contributed by atoms with van der Waals surface area (Å²) in [6.45, 7) is 0. The van der Waals surface area contributed by atoms with E-state index in [1.54, 1.807) is 36.4 Å². The molecule has 0 spiro atoms. The number of alkyl halides is 1. The molecule has 0 aliphatic carbocycles. The minimum atomic E-state index is -0.703. The monoisotopic (exact) mass is 366 g/mol. The first-order valence-electron chi connectivity index (χ1n) is 6.34. The fourth-order valence-corrected chi connectivity index (χ4v) is 3.53. The van der Waals surface area contributed by atoms with Gasteiger partial charge in [0.25, 0.3) is 0 Å². The predicted octanol–water partition coefficient (Wildman–Crippen LogP) is 6.21. The fourth-order valence-electron chi connectivity index (χ4n) is 2.41. The van der Waals surface area contributed by atoms with Crippen molar-refractivity contribution in [3.05, 3.63) is 81.8 Å². The van der Waals surface area contributed by atoms with Crippen molar-refractivity contribution in [2.75, 3.05) is 0 Å². The molecule has 1 atom stereocenters. The van der Waals surface area contributed by atoms with Gasteiger partial charge in [-0.15, -0.1) is 11.6 Å². The third kappa shape index (κ3) is 2.56. The molecule has 0 N–H and O–H groups in total. The van der Waals surface area contributed by atoms with Crippen LogP contribution < -0.4 is 0 Å². The lowest BCUT2D eigenvalue weighted by Gasteiger charge is -2.16. The molecule has 0 radical (unpaired) electrons. The van der Waals surface area contributed by atoms with E-state index in [0.717, 1.165) is 0 Å². The van der Waals surface area contributed by atoms with Crippen molar-refractivity contribution in [2.24, 2.45) is 0 Å². The van der Waals surface area contributed by atoms with Crippen molar-refractivity contribution >= 4 is 38.3 Å². The quantitative estimate of drug-likeness (QED) is 0.472. The van der Waals surface area contributed by atoms with Crippen LogP contribution in [-0.4, -0.2) is 0 Å². The van der Waals surface area contributed by atoms with Gasteiger partial charge in [0.05, 0.1) is 5.38 Å². The van der Waals surface area contributed by atoms with Crippen LogP contribution in [0, 0.1) is 11.6 Å². The normalized spacial score (nSPS) is 12.6. The second kappa shape index (κ2) is 5.74. The van der Waals surface area contributed by atoms with E-state index in [0.29, 0.717) is 26.4 Å². The van der Waals surface area contributed by atoms with Crippen LogP contribution in [0.4, 0.5) is 8.78 Å². The Morgan fingerprint density at radius 3 is 2.24 bits per heavy atom. The Morgan fingerprint density at radius 1 is 0.810 bits per heavy atom. The fraction of sp³-hybridized carbons (Fsp3) is 0.0588. The van der Waals surface area contributed by atoms with Crippen molar-refractivity contribution in [2.45, 2.75) is 5.38 Å². The first kappa shape index (κ1) is 14.5. The molecule has 106 valence electrons. The maximum atomic E-state index is 14.1. The van der Waals surface area contributed by atoms with E-state index in [4.69, 9.17) is 11.6 Å². The second-order valence-corrected chi connectivity index (χ2v) is 5.97. The van der Waals surface area contributed by atoms with Crippen LogP contribution in [0.1, 0.15) is 16.5 Å². The average molecular weight is 368 g/mol. The van der Waals surface area contributed by atoms with Gasteiger partial charge in [-0.1, -0.05) is 52.3 Å². The van der Waals surface area contributed by atoms with Crippen molar-refractivity contribution in [3.8, 4) is 0 Å². The van der Waals surface area contributed by atoms with Gasteiger partial charge in [-0.2, -0.15) is 0 Å². The zero-order valence-corrected chi connectivity index (χ0v) is 13.1. The number of rotatable bonds is 2. The van der Waals surface area contributed by atoms with E-state index in [9.17, 15) is 8.78 Å². The van der Waals surface area contributed by atoms with Crippen LogP contribution in [-0.2, 0) is 0 Å². The van der Waals surface area contributed by atoms with Gasteiger partial charge < -0.3 is 0 Å². The predicted molar refractivity (Wildman–Crippen MR) is 85.7 cm³/mol. The summed E-state index contributed by atoms with van der Waals surface area (Å²) in [5.41, 5.74) is 1.04. The van der Waals surface area contributed by atoms with Gasteiger partial charge in [0, 0.05) is 15.4 Å². The van der Waals surface area contributed by atoms with Gasteiger partial charge >= 0.3 is 0 Å². The van der Waals surface area contributed by atoms with Crippen molar-refractivity contribution in [3.63, 3.8) is 0 Å². The van der Waals surface area contributed by atoms with Crippen molar-refractivity contribution < 1.29 is 8.78 Å². The van der Waals surface area contributed by atoms with E-state index in [1.165, 1.54) is 12.1 Å². The summed E-state index contributed by atoms with van der Waals surface area (Å²) >= 11 is 9.81. The molecule has 3 rings (SSSR count). The molecule has 1 unspecified atom stereocenters. The summed E-state index contributed by atoms with van der Waals surface area (Å²) < 4.78 is 28.5. The zero-order valence-electron chi connectivity index (χ0n) is 10.8. The molecule has 4 heteroatoms. The minimum Gasteiger partial charge on any atom is -0.207 e. The van der Waals surface area contributed by atoms with Crippen LogP contribution in [0.2, 0.25) is 0 Å². The summed E-state index contributed by atoms with van der Waals surface area (Å²) in [6.07, 6.45) is 0. The first-order valence-corrected chi connectivity index (χ1v) is 7.57. The first-order chi connectivity index (χ1) is 10.1. The molecule has 3 aromatic rings. The molecule has 0 aromatic heterocycles. The van der Waals surface area contributed by atoms with Gasteiger partial charge in [0.15, 0.2) is 0 Å². The standard InChI is InChI=1S/C17H10BrClF2/c18-13-6-3-7-15(21)16(13)17(19)12-8-9-14(20)11-5-2-1-4-10(11)12/h1-9,17H. The number of hydrogen-bond donors (Lipinski definition) is 0. The van der Waals surface area contributed by atoms with Crippen LogP contribution in [0.15, 0.2) is 59.1 Å². The summed E-state index contributed by atoms with van der Waals surface area (Å²) in [4.78, 5) is 0. The average Bonchev–Trinajstić information content (AvgIpc) is 2.47. The molecule has 0 amide bonds. The summed E-state index contributed by atoms with van der Waals surface area (Å²) in [5.74, 6) is -0.705. The Morgan fingerprint density at radius 2 is 1.52 bits per heavy atom. The molecule has 3 aromatic carbocycles. The molecular weight excluding hydrogens is 358 g/mol. The minimum absolute atomic E-state index is 0.314. The molecule has 0 saturated heterocycles. The van der Waals surface area contributed by atoms with E-state index in [2.05, 4.69) is 15.9 Å². The van der Waals surface area contributed by atoms with Crippen LogP contribution >= 0.6 is 27.5 Å². The number of halogens is 4. The summed E-state index contributed by atoms with van der Waals surface area (Å²) in [5, 5.41) is 0.465. The lowest BCUT2D eigenvalue weighted by atomic mass is 9.97. The van der Waals surface area contributed by atoms with Gasteiger partial charge in [-0.3, -0.25) is 0 Å². The van der Waals surface area contributed by atoms with Crippen molar-refractivity contribution in [1.29, 1.82) is 0 Å². The van der Waals surface area contributed by atoms with Crippen molar-refractivity contribution in [1.82, 2.24) is 0 Å². The van der Waals surface area contributed by atoms with E-state index in [-0.39, 0.29) is 5.82 Å². The largest absolute Gasteiger partial charge is 0.207 e. The van der Waals surface area contributed by atoms with E-state index in [1.807, 2.05) is 6.07 Å². The molecule has 21 heavy (non-hydrogen) atoms. The molecule has 0 aliphatic heterocycles. The lowest BCUT2D eigenvalue weighted by molar-refractivity contribution is 0.611. The maximum Gasteiger partial charge on any atom is 0.131 e. The Kier molecular flexibility index (Phi) is 3.96. The highest BCUT2D eigenvalue weighted by Gasteiger charge is 2.20. The Bertz CT molecular complexity index is 797. The maximum absolute atomic E-state index is 14.1. The van der Waals surface area contributed by atoms with E-state index >= 15 is 0 Å². The zero-order chi connectivity index (χ0) is 15.0. The summed E-state index contributed by atoms with van der Waals surface area (Å²) in [6, 6.07) is 14.7. The number of hydrogen-bond acceptors (Lipinski definition) is 0. The van der Waals surface area contributed by atoms with Crippen LogP contribution in [0.3, 0.4) is 0 Å². The molecule has 0 heterocycles. The highest BCUT2D eigenvalue weighted by atomic mass is 79.9. The molecule has 0 bridgehead atoms. The third-order valence-corrected chi connectivity index (χ3v) is 4.58. The van der Waals surface area contributed by atoms with Gasteiger partial charge in [0.2, 0.25) is 0 Å². The second-order valence-electron chi connectivity index (χ2n) is 4.68. The van der Waals surface area contributed by atoms with E-state index < -0.39 is 11.2 Å². The summed E-state index contributed by atoms with van der Waals surface area (Å²) in [7, 11) is 0. The smallest absolute Gasteiger partial charge is 0.131 e. The Hall–Kier alpha value is -1.45. The third-order valence-electron chi connectivity index (χ3n) is 3.43. The Labute approximate surface area is 134 Å². The van der Waals surface area contributed by atoms with Gasteiger partial charge in [-0.05, 0) is 29.1 Å². The Balaban J connectivity index is 2.23. The molecule has 0 fully saturated rings. The van der Waals surface area contributed by atoms with Gasteiger partial charge in [0.1, 0.15) is 11.6 Å². The SMILES string of the molecule is Fc1cccc(Br)c1C(Cl)c1ccc(F)c2ccccc12. The molecular formula is C17H10BrClF2. The molecule has 0 aliphatic rings. The molecule has 0 nitrogen and oxygen atoms in total. The highest BCUT2D eigenvalue weighted by molar-refractivity contribution is 9.10. The van der Waals surface area contributed by atoms with Crippen LogP contribution in [0.25, 0.3) is 10.8 Å². The topological polar surface area (TPSA) is 0 Å². The van der Waals surface area contributed by atoms with Gasteiger partial charge in [-0.25, -0.2) is 8.78 Å². The highest BCUT2D eigenvalue weighted by Crippen LogP contribution is 2.39. The molecule has 0 saturated carbocycles. The number of benzene rings is 3. The van der Waals surface area contributed by atoms with Crippen LogP contribution in [0.5, 0.6) is 0 Å².